The van der Waals surface area contributed by atoms with Crippen LogP contribution in [-0.2, 0) is 4.79 Å². The zero-order valence-corrected chi connectivity index (χ0v) is 16.1. The van der Waals surface area contributed by atoms with Gasteiger partial charge in [-0.1, -0.05) is 26.3 Å². The van der Waals surface area contributed by atoms with E-state index in [2.05, 4.69) is 10.6 Å². The molecule has 1 aromatic rings. The van der Waals surface area contributed by atoms with Crippen LogP contribution in [0.3, 0.4) is 0 Å². The van der Waals surface area contributed by atoms with E-state index in [-0.39, 0.29) is 17.9 Å². The number of carbonyl (C=O) groups is 2. The highest BCUT2D eigenvalue weighted by atomic mass is 19.1. The number of carbonyl (C=O) groups excluding carboxylic acids is 2. The fourth-order valence-electron chi connectivity index (χ4n) is 4.79. The fraction of sp³-hybridized carbons (Fsp3) is 0.619. The first-order valence-electron chi connectivity index (χ1n) is 9.83. The molecule has 0 unspecified atom stereocenters. The lowest BCUT2D eigenvalue weighted by atomic mass is 9.84. The zero-order chi connectivity index (χ0) is 19.7. The number of hydrogen-bond donors (Lipinski definition) is 2. The van der Waals surface area contributed by atoms with E-state index < -0.39 is 29.1 Å². The number of amides is 2. The van der Waals surface area contributed by atoms with Crippen LogP contribution in [-0.4, -0.2) is 23.9 Å². The van der Waals surface area contributed by atoms with Gasteiger partial charge in [-0.3, -0.25) is 9.59 Å². The van der Waals surface area contributed by atoms with E-state index in [1.54, 1.807) is 13.8 Å². The van der Waals surface area contributed by atoms with Crippen LogP contribution in [0.5, 0.6) is 0 Å². The third-order valence-electron chi connectivity index (χ3n) is 6.23. The summed E-state index contributed by atoms with van der Waals surface area (Å²) in [5.74, 6) is -1.38. The molecule has 0 radical (unpaired) electrons. The van der Waals surface area contributed by atoms with Crippen molar-refractivity contribution in [1.82, 2.24) is 10.6 Å². The van der Waals surface area contributed by atoms with Crippen LogP contribution >= 0.6 is 0 Å². The molecular formula is C21H28F2N2O2. The van der Waals surface area contributed by atoms with Gasteiger partial charge in [0, 0.05) is 6.04 Å². The lowest BCUT2D eigenvalue weighted by molar-refractivity contribution is -0.125. The van der Waals surface area contributed by atoms with E-state index in [1.165, 1.54) is 25.3 Å². The second-order valence-electron chi connectivity index (χ2n) is 8.43. The Hall–Kier alpha value is -1.98. The normalized spacial score (nSPS) is 26.1. The fourth-order valence-corrected chi connectivity index (χ4v) is 4.79. The molecule has 148 valence electrons. The molecule has 0 spiro atoms. The Labute approximate surface area is 159 Å². The molecule has 5 atom stereocenters. The van der Waals surface area contributed by atoms with Gasteiger partial charge in [0.05, 0.1) is 0 Å². The molecule has 2 aliphatic rings. The lowest BCUT2D eigenvalue weighted by Crippen LogP contribution is -2.53. The first kappa shape index (κ1) is 19.8. The SMILES string of the molecule is CC(C)[C@H](NC(=O)c1c(F)cccc1F)C(=O)N[C@@H](C)[C@@H]1C[C@H]2CC[C@H]1C2. The largest absolute Gasteiger partial charge is 0.352 e. The van der Waals surface area contributed by atoms with Crippen LogP contribution in [0.2, 0.25) is 0 Å². The van der Waals surface area contributed by atoms with E-state index in [0.29, 0.717) is 11.8 Å². The van der Waals surface area contributed by atoms with Crippen molar-refractivity contribution in [3.05, 3.63) is 35.4 Å². The molecule has 4 nitrogen and oxygen atoms in total. The molecule has 3 rings (SSSR count). The van der Waals surface area contributed by atoms with Gasteiger partial charge in [0.15, 0.2) is 0 Å². The minimum atomic E-state index is -0.939. The van der Waals surface area contributed by atoms with Crippen molar-refractivity contribution >= 4 is 11.8 Å². The van der Waals surface area contributed by atoms with Crippen molar-refractivity contribution in [3.8, 4) is 0 Å². The monoisotopic (exact) mass is 378 g/mol. The molecule has 6 heteroatoms. The Kier molecular flexibility index (Phi) is 5.82. The molecule has 2 amide bonds. The first-order chi connectivity index (χ1) is 12.8. The molecule has 1 aromatic carbocycles. The maximum absolute atomic E-state index is 13.9. The van der Waals surface area contributed by atoms with Gasteiger partial charge in [-0.2, -0.15) is 0 Å². The van der Waals surface area contributed by atoms with Gasteiger partial charge in [-0.15, -0.1) is 0 Å². The lowest BCUT2D eigenvalue weighted by Gasteiger charge is -2.31. The Balaban J connectivity index is 1.66. The van der Waals surface area contributed by atoms with Crippen molar-refractivity contribution in [2.75, 3.05) is 0 Å². The Morgan fingerprint density at radius 2 is 1.70 bits per heavy atom. The summed E-state index contributed by atoms with van der Waals surface area (Å²) in [4.78, 5) is 25.2. The molecule has 2 fully saturated rings. The van der Waals surface area contributed by atoms with Gasteiger partial charge in [-0.25, -0.2) is 8.78 Å². The van der Waals surface area contributed by atoms with Gasteiger partial charge in [0.25, 0.3) is 5.91 Å². The Bertz CT molecular complexity index is 702. The molecule has 2 bridgehead atoms. The van der Waals surface area contributed by atoms with Gasteiger partial charge < -0.3 is 10.6 Å². The molecule has 2 aliphatic carbocycles. The third-order valence-corrected chi connectivity index (χ3v) is 6.23. The molecule has 0 heterocycles. The summed E-state index contributed by atoms with van der Waals surface area (Å²) < 4.78 is 27.7. The number of hydrogen-bond acceptors (Lipinski definition) is 2. The Morgan fingerprint density at radius 1 is 1.04 bits per heavy atom. The quantitative estimate of drug-likeness (QED) is 0.794. The van der Waals surface area contributed by atoms with Gasteiger partial charge in [0.1, 0.15) is 23.2 Å². The van der Waals surface area contributed by atoms with Crippen molar-refractivity contribution in [2.45, 2.75) is 58.5 Å². The van der Waals surface area contributed by atoms with E-state index in [1.807, 2.05) is 6.92 Å². The smallest absolute Gasteiger partial charge is 0.257 e. The van der Waals surface area contributed by atoms with Crippen molar-refractivity contribution in [1.29, 1.82) is 0 Å². The van der Waals surface area contributed by atoms with E-state index in [9.17, 15) is 18.4 Å². The van der Waals surface area contributed by atoms with Crippen LogP contribution < -0.4 is 10.6 Å². The molecule has 2 saturated carbocycles. The highest BCUT2D eigenvalue weighted by Crippen LogP contribution is 2.49. The van der Waals surface area contributed by atoms with Crippen molar-refractivity contribution in [3.63, 3.8) is 0 Å². The second-order valence-corrected chi connectivity index (χ2v) is 8.43. The van der Waals surface area contributed by atoms with Crippen LogP contribution in [0.1, 0.15) is 56.8 Å². The minimum absolute atomic E-state index is 0.0242. The maximum Gasteiger partial charge on any atom is 0.257 e. The molecule has 2 N–H and O–H groups in total. The van der Waals surface area contributed by atoms with Crippen LogP contribution in [0.25, 0.3) is 0 Å². The highest BCUT2D eigenvalue weighted by Gasteiger charge is 2.42. The van der Waals surface area contributed by atoms with Crippen molar-refractivity contribution < 1.29 is 18.4 Å². The number of halogens is 2. The summed E-state index contributed by atoms with van der Waals surface area (Å²) in [6, 6.07) is 2.43. The molecule has 27 heavy (non-hydrogen) atoms. The zero-order valence-electron chi connectivity index (χ0n) is 16.1. The van der Waals surface area contributed by atoms with Gasteiger partial charge >= 0.3 is 0 Å². The summed E-state index contributed by atoms with van der Waals surface area (Å²) in [7, 11) is 0. The average molecular weight is 378 g/mol. The Morgan fingerprint density at radius 3 is 2.22 bits per heavy atom. The van der Waals surface area contributed by atoms with Crippen molar-refractivity contribution in [2.24, 2.45) is 23.7 Å². The standard InChI is InChI=1S/C21H28F2N2O2/c1-11(2)19(25-20(26)18-16(22)5-4-6-17(18)23)21(27)24-12(3)15-10-13-7-8-14(15)9-13/h4-6,11-15,19H,7-10H2,1-3H3,(H,24,27)(H,25,26)/t12-,13-,14-,15-,19-/m0/s1. The first-order valence-corrected chi connectivity index (χ1v) is 9.83. The van der Waals surface area contributed by atoms with E-state index in [4.69, 9.17) is 0 Å². The van der Waals surface area contributed by atoms with Crippen LogP contribution in [0, 0.1) is 35.3 Å². The number of nitrogens with one attached hydrogen (secondary N) is 2. The molecular weight excluding hydrogens is 350 g/mol. The number of fused-ring (bicyclic) bond motifs is 2. The third kappa shape index (κ3) is 4.14. The topological polar surface area (TPSA) is 58.2 Å². The average Bonchev–Trinajstić information content (AvgIpc) is 3.22. The highest BCUT2D eigenvalue weighted by molar-refractivity contribution is 5.98. The van der Waals surface area contributed by atoms with Gasteiger partial charge in [-0.05, 0) is 62.0 Å². The van der Waals surface area contributed by atoms with E-state index >= 15 is 0 Å². The summed E-state index contributed by atoms with van der Waals surface area (Å²) in [5.41, 5.74) is -0.655. The summed E-state index contributed by atoms with van der Waals surface area (Å²) in [6.07, 6.45) is 4.92. The molecule has 0 saturated heterocycles. The number of rotatable bonds is 6. The number of benzene rings is 1. The van der Waals surface area contributed by atoms with Crippen LogP contribution in [0.15, 0.2) is 18.2 Å². The predicted octanol–water partition coefficient (Wildman–Crippen LogP) is 3.66. The second kappa shape index (κ2) is 7.95. The predicted molar refractivity (Wildman–Crippen MR) is 99.0 cm³/mol. The molecule has 0 aliphatic heterocycles. The van der Waals surface area contributed by atoms with Gasteiger partial charge in [0.2, 0.25) is 5.91 Å². The molecule has 0 aromatic heterocycles. The van der Waals surface area contributed by atoms with E-state index in [0.717, 1.165) is 24.5 Å². The maximum atomic E-state index is 13.9. The minimum Gasteiger partial charge on any atom is -0.352 e. The van der Waals surface area contributed by atoms with Crippen LogP contribution in [0.4, 0.5) is 8.78 Å². The summed E-state index contributed by atoms with van der Waals surface area (Å²) in [6.45, 7) is 5.61. The summed E-state index contributed by atoms with van der Waals surface area (Å²) in [5, 5.41) is 5.55. The summed E-state index contributed by atoms with van der Waals surface area (Å²) >= 11 is 0.